The minimum Gasteiger partial charge on any atom is -0.347 e. The third-order valence-corrected chi connectivity index (χ3v) is 1.48. The number of rotatable bonds is 5. The van der Waals surface area contributed by atoms with E-state index in [-0.39, 0.29) is 0 Å². The van der Waals surface area contributed by atoms with Crippen LogP contribution in [0.4, 0.5) is 0 Å². The molecule has 0 bridgehead atoms. The summed E-state index contributed by atoms with van der Waals surface area (Å²) in [7, 11) is 3.78. The van der Waals surface area contributed by atoms with Gasteiger partial charge in [-0.2, -0.15) is 0 Å². The molecular weight excluding hydrogens is 184 g/mol. The summed E-state index contributed by atoms with van der Waals surface area (Å²) in [6, 6.07) is 0. The summed E-state index contributed by atoms with van der Waals surface area (Å²) >= 11 is 0. The van der Waals surface area contributed by atoms with Crippen LogP contribution >= 0.6 is 0 Å². The summed E-state index contributed by atoms with van der Waals surface area (Å²) < 4.78 is 0. The lowest BCUT2D eigenvalue weighted by atomic mass is 10.5. The highest BCUT2D eigenvalue weighted by atomic mass is 16.2. The predicted octanol–water partition coefficient (Wildman–Crippen LogP) is -2.26. The highest BCUT2D eigenvalue weighted by Gasteiger charge is 2.10. The third kappa shape index (κ3) is 6.38. The molecule has 0 radical (unpaired) electrons. The zero-order valence-corrected chi connectivity index (χ0v) is 8.67. The second kappa shape index (κ2) is 7.28. The van der Waals surface area contributed by atoms with E-state index in [0.717, 1.165) is 0 Å². The van der Waals surface area contributed by atoms with Gasteiger partial charge in [0, 0.05) is 26.2 Å². The Kier molecular flexibility index (Phi) is 6.69. The first-order valence-electron chi connectivity index (χ1n) is 4.48. The number of nitrogens with zero attached hydrogens (tertiary/aromatic N) is 1. The highest BCUT2D eigenvalue weighted by Crippen LogP contribution is 1.72. The first-order chi connectivity index (χ1) is 6.57. The molecule has 0 aliphatic carbocycles. The molecule has 0 aliphatic heterocycles. The van der Waals surface area contributed by atoms with Crippen molar-refractivity contribution in [1.29, 1.82) is 0 Å². The molecular formula is C8H18N4O2. The first kappa shape index (κ1) is 12.9. The van der Waals surface area contributed by atoms with Gasteiger partial charge >= 0.3 is 11.8 Å². The van der Waals surface area contributed by atoms with Crippen LogP contribution in [0.15, 0.2) is 0 Å². The van der Waals surface area contributed by atoms with Gasteiger partial charge in [0.15, 0.2) is 0 Å². The molecule has 0 aromatic carbocycles. The number of carbonyl (C=O) groups excluding carboxylic acids is 2. The average Bonchev–Trinajstić information content (AvgIpc) is 2.13. The molecule has 0 saturated heterocycles. The number of nitrogens with one attached hydrogen (secondary N) is 2. The van der Waals surface area contributed by atoms with E-state index in [4.69, 9.17) is 5.73 Å². The Morgan fingerprint density at radius 3 is 2.07 bits per heavy atom. The van der Waals surface area contributed by atoms with E-state index in [1.807, 2.05) is 19.0 Å². The maximum Gasteiger partial charge on any atom is 0.309 e. The molecule has 0 aliphatic rings. The number of likely N-dealkylation sites (N-methyl/N-ethyl adjacent to an activating group) is 1. The molecule has 82 valence electrons. The van der Waals surface area contributed by atoms with Gasteiger partial charge in [-0.25, -0.2) is 0 Å². The van der Waals surface area contributed by atoms with Crippen molar-refractivity contribution in [2.75, 3.05) is 40.3 Å². The summed E-state index contributed by atoms with van der Waals surface area (Å²) in [5.41, 5.74) is 5.16. The molecule has 0 aromatic heterocycles. The van der Waals surface area contributed by atoms with Crippen LogP contribution in [0.2, 0.25) is 0 Å². The maximum atomic E-state index is 11.0. The highest BCUT2D eigenvalue weighted by molar-refractivity contribution is 6.35. The number of amides is 2. The van der Waals surface area contributed by atoms with Gasteiger partial charge in [-0.15, -0.1) is 0 Å². The van der Waals surface area contributed by atoms with Gasteiger partial charge in [0.25, 0.3) is 0 Å². The van der Waals surface area contributed by atoms with Crippen molar-refractivity contribution in [2.45, 2.75) is 0 Å². The fourth-order valence-electron chi connectivity index (χ4n) is 0.739. The average molecular weight is 202 g/mol. The molecule has 0 heterocycles. The number of nitrogens with two attached hydrogens (primary N) is 1. The quantitative estimate of drug-likeness (QED) is 0.439. The normalized spacial score (nSPS) is 10.0. The number of hydrogen-bond donors (Lipinski definition) is 3. The Balaban J connectivity index is 3.57. The topological polar surface area (TPSA) is 87.5 Å². The largest absolute Gasteiger partial charge is 0.347 e. The van der Waals surface area contributed by atoms with Crippen LogP contribution in [-0.4, -0.2) is 57.0 Å². The van der Waals surface area contributed by atoms with E-state index in [1.165, 1.54) is 0 Å². The second-order valence-corrected chi connectivity index (χ2v) is 3.10. The summed E-state index contributed by atoms with van der Waals surface area (Å²) in [5.74, 6) is -1.24. The van der Waals surface area contributed by atoms with E-state index in [1.54, 1.807) is 0 Å². The molecule has 6 nitrogen and oxygen atoms in total. The maximum absolute atomic E-state index is 11.0. The molecule has 2 amide bonds. The summed E-state index contributed by atoms with van der Waals surface area (Å²) in [6.45, 7) is 1.81. The van der Waals surface area contributed by atoms with Crippen molar-refractivity contribution in [3.05, 3.63) is 0 Å². The molecule has 0 saturated carbocycles. The second-order valence-electron chi connectivity index (χ2n) is 3.10. The van der Waals surface area contributed by atoms with Crippen LogP contribution in [0.5, 0.6) is 0 Å². The Labute approximate surface area is 83.8 Å². The van der Waals surface area contributed by atoms with Crippen LogP contribution in [-0.2, 0) is 9.59 Å². The van der Waals surface area contributed by atoms with Crippen molar-refractivity contribution in [3.8, 4) is 0 Å². The van der Waals surface area contributed by atoms with Crippen molar-refractivity contribution in [2.24, 2.45) is 5.73 Å². The Bertz CT molecular complexity index is 194. The summed E-state index contributed by atoms with van der Waals surface area (Å²) in [5, 5.41) is 4.87. The minimum absolute atomic E-state index is 0.319. The fourth-order valence-corrected chi connectivity index (χ4v) is 0.739. The zero-order chi connectivity index (χ0) is 11.0. The van der Waals surface area contributed by atoms with Gasteiger partial charge in [0.2, 0.25) is 0 Å². The van der Waals surface area contributed by atoms with Crippen LogP contribution in [0.25, 0.3) is 0 Å². The molecule has 0 unspecified atom stereocenters. The van der Waals surface area contributed by atoms with E-state index >= 15 is 0 Å². The monoisotopic (exact) mass is 202 g/mol. The van der Waals surface area contributed by atoms with E-state index < -0.39 is 11.8 Å². The van der Waals surface area contributed by atoms with Gasteiger partial charge in [0.1, 0.15) is 0 Å². The standard InChI is InChI=1S/C8H18N4O2/c1-12(2)6-5-11-8(14)7(13)10-4-3-9/h3-6,9H2,1-2H3,(H,10,13)(H,11,14). The molecule has 0 aromatic rings. The van der Waals surface area contributed by atoms with Crippen LogP contribution in [0.3, 0.4) is 0 Å². The van der Waals surface area contributed by atoms with Gasteiger partial charge in [-0.05, 0) is 14.1 Å². The van der Waals surface area contributed by atoms with Crippen LogP contribution < -0.4 is 16.4 Å². The zero-order valence-electron chi connectivity index (χ0n) is 8.67. The van der Waals surface area contributed by atoms with Gasteiger partial charge in [-0.1, -0.05) is 0 Å². The van der Waals surface area contributed by atoms with Gasteiger partial charge in [0.05, 0.1) is 0 Å². The lowest BCUT2D eigenvalue weighted by molar-refractivity contribution is -0.139. The van der Waals surface area contributed by atoms with Crippen molar-refractivity contribution in [1.82, 2.24) is 15.5 Å². The molecule has 0 atom stereocenters. The van der Waals surface area contributed by atoms with Crippen molar-refractivity contribution < 1.29 is 9.59 Å². The number of carbonyl (C=O) groups is 2. The van der Waals surface area contributed by atoms with E-state index in [9.17, 15) is 9.59 Å². The predicted molar refractivity (Wildman–Crippen MR) is 53.6 cm³/mol. The van der Waals surface area contributed by atoms with Crippen LogP contribution in [0.1, 0.15) is 0 Å². The Morgan fingerprint density at radius 1 is 1.14 bits per heavy atom. The molecule has 0 rings (SSSR count). The van der Waals surface area contributed by atoms with Crippen LogP contribution in [0, 0.1) is 0 Å². The molecule has 0 spiro atoms. The molecule has 14 heavy (non-hydrogen) atoms. The van der Waals surface area contributed by atoms with Gasteiger partial charge < -0.3 is 21.3 Å². The summed E-state index contributed by atoms with van der Waals surface area (Å²) in [4.78, 5) is 23.9. The molecule has 6 heteroatoms. The molecule has 4 N–H and O–H groups in total. The fraction of sp³-hybridized carbons (Fsp3) is 0.750. The Morgan fingerprint density at radius 2 is 1.64 bits per heavy atom. The summed E-state index contributed by atoms with van der Waals surface area (Å²) in [6.07, 6.45) is 0. The first-order valence-corrected chi connectivity index (χ1v) is 4.48. The van der Waals surface area contributed by atoms with Crippen molar-refractivity contribution in [3.63, 3.8) is 0 Å². The SMILES string of the molecule is CN(C)CCNC(=O)C(=O)NCCN. The van der Waals surface area contributed by atoms with Crippen molar-refractivity contribution >= 4 is 11.8 Å². The third-order valence-electron chi connectivity index (χ3n) is 1.48. The lowest BCUT2D eigenvalue weighted by Gasteiger charge is -2.10. The van der Waals surface area contributed by atoms with E-state index in [0.29, 0.717) is 26.2 Å². The molecule has 0 fully saturated rings. The number of hydrogen-bond acceptors (Lipinski definition) is 4. The van der Waals surface area contributed by atoms with E-state index in [2.05, 4.69) is 10.6 Å². The minimum atomic E-state index is -0.630. The smallest absolute Gasteiger partial charge is 0.309 e. The lowest BCUT2D eigenvalue weighted by Crippen LogP contribution is -2.43. The van der Waals surface area contributed by atoms with Gasteiger partial charge in [-0.3, -0.25) is 9.59 Å². The Hall–Kier alpha value is -1.14.